The van der Waals surface area contributed by atoms with Crippen LogP contribution >= 0.6 is 11.3 Å². The van der Waals surface area contributed by atoms with Gasteiger partial charge in [0.1, 0.15) is 10.8 Å². The predicted molar refractivity (Wildman–Crippen MR) is 87.0 cm³/mol. The highest BCUT2D eigenvalue weighted by Gasteiger charge is 2.12. The molecule has 0 spiro atoms. The van der Waals surface area contributed by atoms with E-state index in [1.54, 1.807) is 18.2 Å². The van der Waals surface area contributed by atoms with Crippen LogP contribution in [-0.4, -0.2) is 17.4 Å². The summed E-state index contributed by atoms with van der Waals surface area (Å²) < 4.78 is 18.3. The van der Waals surface area contributed by atoms with E-state index < -0.39 is 0 Å². The monoisotopic (exact) mass is 330 g/mol. The van der Waals surface area contributed by atoms with Gasteiger partial charge in [0, 0.05) is 23.4 Å². The number of furan rings is 1. The molecule has 4 nitrogen and oxygen atoms in total. The molecule has 23 heavy (non-hydrogen) atoms. The van der Waals surface area contributed by atoms with Crippen LogP contribution in [0.4, 0.5) is 4.39 Å². The zero-order valence-corrected chi connectivity index (χ0v) is 13.3. The van der Waals surface area contributed by atoms with Crippen molar-refractivity contribution < 1.29 is 13.6 Å². The lowest BCUT2D eigenvalue weighted by Gasteiger charge is -2.02. The lowest BCUT2D eigenvalue weighted by molar-refractivity contribution is 0.0926. The summed E-state index contributed by atoms with van der Waals surface area (Å²) in [6.07, 6.45) is 2.14. The van der Waals surface area contributed by atoms with Crippen LogP contribution in [0.5, 0.6) is 0 Å². The molecular weight excluding hydrogens is 315 g/mol. The highest BCUT2D eigenvalue weighted by molar-refractivity contribution is 7.15. The van der Waals surface area contributed by atoms with Gasteiger partial charge in [-0.25, -0.2) is 9.37 Å². The Morgan fingerprint density at radius 1 is 1.35 bits per heavy atom. The third-order valence-electron chi connectivity index (χ3n) is 3.35. The van der Waals surface area contributed by atoms with Crippen LogP contribution in [0.15, 0.2) is 47.1 Å². The van der Waals surface area contributed by atoms with E-state index in [1.807, 2.05) is 13.0 Å². The number of nitrogens with one attached hydrogen (secondary N) is 1. The first-order valence-corrected chi connectivity index (χ1v) is 7.99. The number of hydrogen-bond donors (Lipinski definition) is 1. The number of benzene rings is 1. The smallest absolute Gasteiger partial charge is 0.286 e. The molecule has 0 aliphatic rings. The topological polar surface area (TPSA) is 55.1 Å². The molecule has 2 heterocycles. The van der Waals surface area contributed by atoms with Crippen molar-refractivity contribution in [1.82, 2.24) is 10.3 Å². The molecule has 0 aliphatic heterocycles. The fraction of sp³-hybridized carbons (Fsp3) is 0.176. The summed E-state index contributed by atoms with van der Waals surface area (Å²) in [5.74, 6) is -0.211. The molecule has 3 rings (SSSR count). The van der Waals surface area contributed by atoms with Crippen LogP contribution in [0.3, 0.4) is 0 Å². The number of halogens is 1. The first-order chi connectivity index (χ1) is 11.1. The second-order valence-electron chi connectivity index (χ2n) is 5.02. The van der Waals surface area contributed by atoms with Gasteiger partial charge in [0.2, 0.25) is 0 Å². The Bertz CT molecular complexity index is 812. The molecule has 2 aromatic heterocycles. The maximum Gasteiger partial charge on any atom is 0.286 e. The number of aromatic nitrogens is 1. The van der Waals surface area contributed by atoms with Gasteiger partial charge in [-0.3, -0.25) is 4.79 Å². The van der Waals surface area contributed by atoms with Crippen molar-refractivity contribution in [2.45, 2.75) is 13.3 Å². The first kappa shape index (κ1) is 15.4. The Kier molecular flexibility index (Phi) is 4.52. The summed E-state index contributed by atoms with van der Waals surface area (Å²) in [4.78, 5) is 17.3. The highest BCUT2D eigenvalue weighted by Crippen LogP contribution is 2.28. The van der Waals surface area contributed by atoms with E-state index >= 15 is 0 Å². The molecule has 3 aromatic rings. The fourth-order valence-corrected chi connectivity index (χ4v) is 3.25. The van der Waals surface area contributed by atoms with E-state index in [2.05, 4.69) is 10.3 Å². The fourth-order valence-electron chi connectivity index (χ4n) is 2.19. The SMILES string of the molecule is Cc1nc(-c2cccc(F)c2)sc1CCNC(=O)c1ccco1. The average molecular weight is 330 g/mol. The van der Waals surface area contributed by atoms with E-state index in [-0.39, 0.29) is 11.7 Å². The van der Waals surface area contributed by atoms with Crippen LogP contribution in [-0.2, 0) is 6.42 Å². The minimum Gasteiger partial charge on any atom is -0.459 e. The molecule has 0 atom stereocenters. The van der Waals surface area contributed by atoms with E-state index in [0.717, 1.165) is 21.1 Å². The van der Waals surface area contributed by atoms with Crippen LogP contribution in [0.1, 0.15) is 21.1 Å². The lowest BCUT2D eigenvalue weighted by Crippen LogP contribution is -2.25. The zero-order chi connectivity index (χ0) is 16.2. The molecule has 0 saturated carbocycles. The number of rotatable bonds is 5. The van der Waals surface area contributed by atoms with Gasteiger partial charge < -0.3 is 9.73 Å². The number of thiazole rings is 1. The molecule has 0 bridgehead atoms. The molecule has 1 N–H and O–H groups in total. The molecule has 118 valence electrons. The van der Waals surface area contributed by atoms with Crippen LogP contribution < -0.4 is 5.32 Å². The van der Waals surface area contributed by atoms with Gasteiger partial charge in [-0.05, 0) is 31.2 Å². The highest BCUT2D eigenvalue weighted by atomic mass is 32.1. The quantitative estimate of drug-likeness (QED) is 0.774. The molecule has 0 unspecified atom stereocenters. The lowest BCUT2D eigenvalue weighted by atomic mass is 10.2. The number of carbonyl (C=O) groups is 1. The maximum atomic E-state index is 13.3. The molecule has 0 fully saturated rings. The standard InChI is InChI=1S/C17H15FN2O2S/c1-11-15(7-8-19-16(21)14-6-3-9-22-14)23-17(20-11)12-4-2-5-13(18)10-12/h2-6,9-10H,7-8H2,1H3,(H,19,21). The van der Waals surface area contributed by atoms with Crippen molar-refractivity contribution in [3.05, 3.63) is 64.8 Å². The maximum absolute atomic E-state index is 13.3. The molecule has 0 radical (unpaired) electrons. The third kappa shape index (κ3) is 3.65. The second kappa shape index (κ2) is 6.75. The van der Waals surface area contributed by atoms with Gasteiger partial charge in [0.05, 0.1) is 12.0 Å². The minimum absolute atomic E-state index is 0.234. The number of carbonyl (C=O) groups excluding carboxylic acids is 1. The summed E-state index contributed by atoms with van der Waals surface area (Å²) in [6.45, 7) is 2.41. The third-order valence-corrected chi connectivity index (χ3v) is 4.61. The normalized spacial score (nSPS) is 10.7. The van der Waals surface area contributed by atoms with Gasteiger partial charge in [-0.1, -0.05) is 12.1 Å². The second-order valence-corrected chi connectivity index (χ2v) is 6.10. The summed E-state index contributed by atoms with van der Waals surface area (Å²) >= 11 is 1.52. The number of hydrogen-bond acceptors (Lipinski definition) is 4. The van der Waals surface area contributed by atoms with E-state index in [0.29, 0.717) is 18.7 Å². The molecule has 0 saturated heterocycles. The van der Waals surface area contributed by atoms with Crippen molar-refractivity contribution >= 4 is 17.2 Å². The molecule has 6 heteroatoms. The van der Waals surface area contributed by atoms with Gasteiger partial charge >= 0.3 is 0 Å². The summed E-state index contributed by atoms with van der Waals surface area (Å²) in [5.41, 5.74) is 1.67. The summed E-state index contributed by atoms with van der Waals surface area (Å²) in [5, 5.41) is 3.59. The molecular formula is C17H15FN2O2S. The van der Waals surface area contributed by atoms with Gasteiger partial charge in [-0.2, -0.15) is 0 Å². The van der Waals surface area contributed by atoms with Crippen LogP contribution in [0.2, 0.25) is 0 Å². The number of amides is 1. The Morgan fingerprint density at radius 3 is 2.96 bits per heavy atom. The number of nitrogens with zero attached hydrogens (tertiary/aromatic N) is 1. The Labute approximate surface area is 137 Å². The van der Waals surface area contributed by atoms with E-state index in [9.17, 15) is 9.18 Å². The molecule has 1 aromatic carbocycles. The summed E-state index contributed by atoms with van der Waals surface area (Å²) in [6, 6.07) is 9.69. The summed E-state index contributed by atoms with van der Waals surface area (Å²) in [7, 11) is 0. The van der Waals surface area contributed by atoms with E-state index in [1.165, 1.54) is 29.7 Å². The van der Waals surface area contributed by atoms with Crippen molar-refractivity contribution in [2.75, 3.05) is 6.54 Å². The Balaban J connectivity index is 1.64. The molecule has 1 amide bonds. The Hall–Kier alpha value is -2.47. The van der Waals surface area contributed by atoms with E-state index in [4.69, 9.17) is 4.42 Å². The van der Waals surface area contributed by atoms with Crippen molar-refractivity contribution in [3.63, 3.8) is 0 Å². The van der Waals surface area contributed by atoms with Gasteiger partial charge in [0.25, 0.3) is 5.91 Å². The Morgan fingerprint density at radius 2 is 2.22 bits per heavy atom. The van der Waals surface area contributed by atoms with Crippen molar-refractivity contribution in [3.8, 4) is 10.6 Å². The zero-order valence-electron chi connectivity index (χ0n) is 12.5. The predicted octanol–water partition coefficient (Wildman–Crippen LogP) is 3.82. The molecule has 0 aliphatic carbocycles. The van der Waals surface area contributed by atoms with Crippen molar-refractivity contribution in [2.24, 2.45) is 0 Å². The van der Waals surface area contributed by atoms with Crippen LogP contribution in [0, 0.1) is 12.7 Å². The van der Waals surface area contributed by atoms with Crippen LogP contribution in [0.25, 0.3) is 10.6 Å². The van der Waals surface area contributed by atoms with Crippen molar-refractivity contribution in [1.29, 1.82) is 0 Å². The number of aryl methyl sites for hydroxylation is 1. The van der Waals surface area contributed by atoms with Gasteiger partial charge in [-0.15, -0.1) is 11.3 Å². The van der Waals surface area contributed by atoms with Gasteiger partial charge in [0.15, 0.2) is 5.76 Å². The first-order valence-electron chi connectivity index (χ1n) is 7.17. The minimum atomic E-state index is -0.275. The average Bonchev–Trinajstić information content (AvgIpc) is 3.18. The largest absolute Gasteiger partial charge is 0.459 e.